The minimum atomic E-state index is -0.151. The molecule has 0 radical (unpaired) electrons. The Morgan fingerprint density at radius 1 is 0.354 bits per heavy atom. The van der Waals surface area contributed by atoms with Crippen molar-refractivity contribution in [1.29, 1.82) is 0 Å². The third-order valence-electron chi connectivity index (χ3n) is 14.6. The number of aromatic nitrogens is 1. The summed E-state index contributed by atoms with van der Waals surface area (Å²) in [4.78, 5) is 5.99. The van der Waals surface area contributed by atoms with Crippen LogP contribution in [0.5, 0.6) is 0 Å². The SMILES string of the molecule is C1=CC2=C3[N-]C(/C(c4ccccc4)=C4/c5ccccc5/C5=C(\c6ccccc6)c6[n-]c(c7ccccc67)/C(c6ccccc6)=C6/c7ccccc7/C(=C/3c3ccccc3)C6C54)C2C=C1.[Pd+2]. The van der Waals surface area contributed by atoms with Gasteiger partial charge in [0.05, 0.1) is 0 Å². The second-order valence-electron chi connectivity index (χ2n) is 17.7. The number of rotatable bonds is 4. The van der Waals surface area contributed by atoms with E-state index in [9.17, 15) is 0 Å². The number of fused-ring (bicyclic) bond motifs is 6. The van der Waals surface area contributed by atoms with Crippen LogP contribution >= 0.6 is 0 Å². The maximum Gasteiger partial charge on any atom is 2.00 e. The summed E-state index contributed by atoms with van der Waals surface area (Å²) < 4.78 is 0. The molecular weight excluding hydrogens is 879 g/mol. The molecule has 65 heavy (non-hydrogen) atoms. The van der Waals surface area contributed by atoms with Crippen LogP contribution in [0.2, 0.25) is 0 Å². The maximum atomic E-state index is 6.10. The first-order valence-electron chi connectivity index (χ1n) is 22.6. The van der Waals surface area contributed by atoms with Crippen LogP contribution in [0.15, 0.2) is 230 Å². The zero-order chi connectivity index (χ0) is 41.9. The van der Waals surface area contributed by atoms with Gasteiger partial charge in [-0.1, -0.05) is 230 Å². The Morgan fingerprint density at radius 2 is 0.754 bits per heavy atom. The normalized spacial score (nSPS) is 25.2. The first-order valence-corrected chi connectivity index (χ1v) is 22.6. The van der Waals surface area contributed by atoms with Crippen LogP contribution in [0.1, 0.15) is 55.9 Å². The van der Waals surface area contributed by atoms with E-state index in [1.54, 1.807) is 0 Å². The Labute approximate surface area is 393 Å². The van der Waals surface area contributed by atoms with Gasteiger partial charge in [0, 0.05) is 11.8 Å². The van der Waals surface area contributed by atoms with Gasteiger partial charge in [-0.2, -0.15) is 0 Å². The topological polar surface area (TPSA) is 28.2 Å². The molecule has 6 aliphatic rings. The van der Waals surface area contributed by atoms with E-state index >= 15 is 0 Å². The van der Waals surface area contributed by atoms with E-state index in [1.165, 1.54) is 105 Å². The summed E-state index contributed by atoms with van der Waals surface area (Å²) in [5.74, 6) is -0.177. The summed E-state index contributed by atoms with van der Waals surface area (Å²) in [5.41, 5.74) is 24.6. The Balaban J connectivity index is 0.00000423. The predicted octanol–water partition coefficient (Wildman–Crippen LogP) is 14.6. The zero-order valence-electron chi connectivity index (χ0n) is 35.3. The molecule has 2 nitrogen and oxygen atoms in total. The van der Waals surface area contributed by atoms with E-state index in [0.717, 1.165) is 17.1 Å². The average molecular weight is 919 g/mol. The van der Waals surface area contributed by atoms with Crippen molar-refractivity contribution in [2.45, 2.75) is 6.04 Å². The van der Waals surface area contributed by atoms with Crippen LogP contribution in [0.25, 0.3) is 60.7 Å². The first-order chi connectivity index (χ1) is 31.8. The molecule has 308 valence electrons. The molecule has 1 aliphatic heterocycles. The van der Waals surface area contributed by atoms with Gasteiger partial charge >= 0.3 is 20.4 Å². The molecule has 0 amide bonds. The van der Waals surface area contributed by atoms with E-state index in [4.69, 9.17) is 10.3 Å². The van der Waals surface area contributed by atoms with Crippen molar-refractivity contribution in [3.05, 3.63) is 291 Å². The molecule has 1 aromatic heterocycles. The van der Waals surface area contributed by atoms with Crippen molar-refractivity contribution >= 4 is 55.4 Å². The van der Waals surface area contributed by atoms with Gasteiger partial charge < -0.3 is 10.3 Å². The summed E-state index contributed by atoms with van der Waals surface area (Å²) in [6, 6.07) is 71.9. The molecule has 0 fully saturated rings. The third kappa shape index (κ3) is 5.44. The molecule has 7 aromatic carbocycles. The summed E-state index contributed by atoms with van der Waals surface area (Å²) in [6.07, 6.45) is 9.20. The second-order valence-corrected chi connectivity index (χ2v) is 17.7. The number of benzene rings is 7. The quantitative estimate of drug-likeness (QED) is 0.162. The van der Waals surface area contributed by atoms with E-state index in [-0.39, 0.29) is 44.2 Å². The van der Waals surface area contributed by atoms with Crippen LogP contribution in [0.4, 0.5) is 0 Å². The molecular formula is C62H40N2Pd. The fourth-order valence-electron chi connectivity index (χ4n) is 12.2. The van der Waals surface area contributed by atoms with Crippen molar-refractivity contribution in [3.63, 3.8) is 0 Å². The van der Waals surface area contributed by atoms with Crippen LogP contribution in [0, 0.1) is 17.8 Å². The summed E-state index contributed by atoms with van der Waals surface area (Å²) in [7, 11) is 0. The van der Waals surface area contributed by atoms with E-state index in [2.05, 4.69) is 218 Å². The average Bonchev–Trinajstić information content (AvgIpc) is 4.12. The minimum absolute atomic E-state index is 0. The Kier molecular flexibility index (Phi) is 8.76. The molecule has 4 unspecified atom stereocenters. The Morgan fingerprint density at radius 3 is 1.26 bits per heavy atom. The predicted molar refractivity (Wildman–Crippen MR) is 264 cm³/mol. The van der Waals surface area contributed by atoms with Crippen LogP contribution in [-0.4, -0.2) is 6.04 Å². The maximum absolute atomic E-state index is 6.10. The van der Waals surface area contributed by atoms with Crippen LogP contribution < -0.4 is 4.98 Å². The van der Waals surface area contributed by atoms with Gasteiger partial charge in [0.15, 0.2) is 0 Å². The minimum Gasteiger partial charge on any atom is -0.677 e. The van der Waals surface area contributed by atoms with Gasteiger partial charge in [-0.15, -0.1) is 17.1 Å². The molecule has 0 spiro atoms. The van der Waals surface area contributed by atoms with Gasteiger partial charge in [0.2, 0.25) is 0 Å². The fraction of sp³-hybridized carbons (Fsp3) is 0.0645. The smallest absolute Gasteiger partial charge is 0.677 e. The molecule has 0 saturated carbocycles. The van der Waals surface area contributed by atoms with Gasteiger partial charge in [-0.3, -0.25) is 0 Å². The van der Waals surface area contributed by atoms with Crippen molar-refractivity contribution in [2.24, 2.45) is 17.8 Å². The summed E-state index contributed by atoms with van der Waals surface area (Å²) >= 11 is 0. The Bertz CT molecular complexity index is 3500. The van der Waals surface area contributed by atoms with Crippen molar-refractivity contribution in [3.8, 4) is 0 Å². The molecule has 5 aliphatic carbocycles. The molecule has 0 saturated heterocycles. The van der Waals surface area contributed by atoms with Gasteiger partial charge in [0.1, 0.15) is 0 Å². The molecule has 14 rings (SSSR count). The van der Waals surface area contributed by atoms with Gasteiger partial charge in [0.25, 0.3) is 0 Å². The number of hydrogen-bond donors (Lipinski definition) is 0. The van der Waals surface area contributed by atoms with E-state index in [0.29, 0.717) is 0 Å². The standard InChI is InChI=1S/C62H40N2.Pd/c1-5-21-37(22-6-1)49-53-41-29-13-14-30-42(41)54-50(38-23-7-2-8-24-38)61-47-35-19-20-36-48(47)62(64-61)52(40-27-11-4-12-28-40)56-44-32-16-15-31-43(44)55(58(56)57(53)54)51(39-25-9-3-10-26-39)60-46-34-18-17-33-45(46)59(49)63-60;/h1-36,45,57-59H;/q-2;+2/b53-49-,54-50-,55-51-,56-52-;. The number of nitrogens with zero attached hydrogens (tertiary/aromatic N) is 2. The molecule has 0 N–H and O–H groups in total. The first kappa shape index (κ1) is 38.2. The molecule has 4 bridgehead atoms. The van der Waals surface area contributed by atoms with Gasteiger partial charge in [-0.05, 0) is 106 Å². The fourth-order valence-corrected chi connectivity index (χ4v) is 12.2. The van der Waals surface area contributed by atoms with Crippen molar-refractivity contribution in [2.75, 3.05) is 0 Å². The zero-order valence-corrected chi connectivity index (χ0v) is 36.9. The molecule has 4 atom stereocenters. The number of allylic oxidation sites excluding steroid dienone is 8. The molecule has 3 heteroatoms. The third-order valence-corrected chi connectivity index (χ3v) is 14.6. The van der Waals surface area contributed by atoms with E-state index in [1.807, 2.05) is 0 Å². The Hall–Kier alpha value is -7.28. The largest absolute Gasteiger partial charge is 2.00 e. The monoisotopic (exact) mass is 918 g/mol. The van der Waals surface area contributed by atoms with Gasteiger partial charge in [-0.25, -0.2) is 0 Å². The van der Waals surface area contributed by atoms with Crippen LogP contribution in [0.3, 0.4) is 0 Å². The summed E-state index contributed by atoms with van der Waals surface area (Å²) in [5, 5.41) is 8.45. The van der Waals surface area contributed by atoms with Crippen molar-refractivity contribution < 1.29 is 20.4 Å². The molecule has 2 heterocycles. The second kappa shape index (κ2) is 14.9. The molecule has 8 aromatic rings. The number of hydrogen-bond acceptors (Lipinski definition) is 0. The van der Waals surface area contributed by atoms with Crippen LogP contribution in [-0.2, 0) is 20.4 Å². The van der Waals surface area contributed by atoms with Crippen molar-refractivity contribution in [1.82, 2.24) is 4.98 Å². The van der Waals surface area contributed by atoms with E-state index < -0.39 is 0 Å². The summed E-state index contributed by atoms with van der Waals surface area (Å²) in [6.45, 7) is 0.